The highest BCUT2D eigenvalue weighted by atomic mass is 16.7. The van der Waals surface area contributed by atoms with E-state index in [-0.39, 0.29) is 35.9 Å². The van der Waals surface area contributed by atoms with Crippen LogP contribution in [-0.2, 0) is 18.9 Å². The minimum Gasteiger partial charge on any atom is -0.384 e. The summed E-state index contributed by atoms with van der Waals surface area (Å²) in [6.07, 6.45) is 3.41. The number of rotatable bonds is 2. The van der Waals surface area contributed by atoms with Crippen LogP contribution in [0.25, 0.3) is 0 Å². The van der Waals surface area contributed by atoms with Crippen LogP contribution in [0.15, 0.2) is 0 Å². The molecular weight excluding hydrogens is 360 g/mol. The van der Waals surface area contributed by atoms with Gasteiger partial charge in [0.2, 0.25) is 0 Å². The fraction of sp³-hybridized carbons (Fsp3) is 1.00. The van der Waals surface area contributed by atoms with Gasteiger partial charge in [0.1, 0.15) is 11.2 Å². The summed E-state index contributed by atoms with van der Waals surface area (Å²) >= 11 is 0. The van der Waals surface area contributed by atoms with E-state index in [4.69, 9.17) is 18.9 Å². The molecule has 2 heterocycles. The summed E-state index contributed by atoms with van der Waals surface area (Å²) in [5.41, 5.74) is -1.83. The summed E-state index contributed by atoms with van der Waals surface area (Å²) in [7, 11) is 3.38. The van der Waals surface area contributed by atoms with Crippen LogP contribution in [-0.4, -0.2) is 60.4 Å². The predicted octanol–water partition coefficient (Wildman–Crippen LogP) is 0.995. The molecule has 0 aromatic heterocycles. The van der Waals surface area contributed by atoms with Crippen molar-refractivity contribution in [2.24, 2.45) is 59.2 Å². The van der Waals surface area contributed by atoms with Crippen LogP contribution in [0.3, 0.4) is 0 Å². The van der Waals surface area contributed by atoms with E-state index in [1.54, 1.807) is 14.2 Å². The molecule has 2 N–H and O–H groups in total. The van der Waals surface area contributed by atoms with Gasteiger partial charge in [0.05, 0.1) is 12.2 Å². The van der Waals surface area contributed by atoms with Crippen LogP contribution in [0.2, 0.25) is 0 Å². The molecule has 0 unspecified atom stereocenters. The Bertz CT molecular complexity index is 697. The largest absolute Gasteiger partial charge is 0.384 e. The first-order valence-electron chi connectivity index (χ1n) is 11.4. The molecule has 28 heavy (non-hydrogen) atoms. The van der Waals surface area contributed by atoms with Crippen molar-refractivity contribution in [1.82, 2.24) is 0 Å². The maximum atomic E-state index is 12.4. The van der Waals surface area contributed by atoms with E-state index < -0.39 is 23.8 Å². The van der Waals surface area contributed by atoms with E-state index >= 15 is 0 Å². The van der Waals surface area contributed by atoms with Crippen molar-refractivity contribution in [3.05, 3.63) is 0 Å². The van der Waals surface area contributed by atoms with Gasteiger partial charge in [-0.15, -0.1) is 0 Å². The minimum atomic E-state index is -0.913. The van der Waals surface area contributed by atoms with Crippen molar-refractivity contribution in [3.63, 3.8) is 0 Å². The van der Waals surface area contributed by atoms with Crippen LogP contribution < -0.4 is 0 Å². The lowest BCUT2D eigenvalue weighted by Crippen LogP contribution is -2.62. The SMILES string of the molecule is CO[C@@H]1O[C@H]2CC[C@@H]3[C@@H]2[C@@H]2[C@@H]4[C@H]5[C@H]6[C@H]7[C@@H](CC[C@H]7O[C@@H](OC)[C@@]6(O)[C@@H]34)[C@H]5[C@@]12O. The molecule has 0 amide bonds. The molecule has 16 atom stereocenters. The zero-order valence-electron chi connectivity index (χ0n) is 16.4. The number of methoxy groups -OCH3 is 2. The first-order chi connectivity index (χ1) is 13.6. The Kier molecular flexibility index (Phi) is 2.74. The maximum absolute atomic E-state index is 12.4. The molecule has 6 nitrogen and oxygen atoms in total. The fourth-order valence-corrected chi connectivity index (χ4v) is 11.3. The molecule has 2 saturated heterocycles. The Morgan fingerprint density at radius 1 is 0.643 bits per heavy atom. The third-order valence-electron chi connectivity index (χ3n) is 11.2. The second-order valence-corrected chi connectivity index (χ2v) is 11.2. The summed E-state index contributed by atoms with van der Waals surface area (Å²) in [4.78, 5) is 0. The summed E-state index contributed by atoms with van der Waals surface area (Å²) < 4.78 is 24.6. The number of aliphatic hydroxyl groups is 2. The van der Waals surface area contributed by atoms with Crippen LogP contribution in [0.5, 0.6) is 0 Å². The average molecular weight is 390 g/mol. The molecular formula is C22H30O6. The van der Waals surface area contributed by atoms with Crippen molar-refractivity contribution in [2.75, 3.05) is 14.2 Å². The highest BCUT2D eigenvalue weighted by Gasteiger charge is 2.89. The number of fused-ring (bicyclic) bond motifs is 4. The van der Waals surface area contributed by atoms with Gasteiger partial charge in [-0.2, -0.15) is 0 Å². The van der Waals surface area contributed by atoms with Crippen LogP contribution >= 0.6 is 0 Å². The summed E-state index contributed by atoms with van der Waals surface area (Å²) in [6, 6.07) is 0. The van der Waals surface area contributed by atoms with Gasteiger partial charge in [0.15, 0.2) is 12.6 Å². The Labute approximate surface area is 164 Å². The van der Waals surface area contributed by atoms with Gasteiger partial charge in [0, 0.05) is 26.1 Å². The van der Waals surface area contributed by atoms with E-state index in [9.17, 15) is 10.2 Å². The first kappa shape index (κ1) is 16.5. The van der Waals surface area contributed by atoms with Crippen molar-refractivity contribution < 1.29 is 29.2 Å². The van der Waals surface area contributed by atoms with Gasteiger partial charge in [-0.05, 0) is 73.0 Å². The molecule has 0 aromatic rings. The lowest BCUT2D eigenvalue weighted by molar-refractivity contribution is -0.317. The molecule has 6 saturated carbocycles. The van der Waals surface area contributed by atoms with Gasteiger partial charge in [-0.3, -0.25) is 0 Å². The van der Waals surface area contributed by atoms with Gasteiger partial charge in [-0.1, -0.05) is 0 Å². The second kappa shape index (κ2) is 4.66. The predicted molar refractivity (Wildman–Crippen MR) is 94.6 cm³/mol. The van der Waals surface area contributed by atoms with E-state index in [1.807, 2.05) is 0 Å². The van der Waals surface area contributed by atoms with E-state index in [0.717, 1.165) is 25.7 Å². The molecule has 8 fully saturated rings. The highest BCUT2D eigenvalue weighted by molar-refractivity contribution is 5.35. The quantitative estimate of drug-likeness (QED) is 0.733. The Morgan fingerprint density at radius 3 is 1.46 bits per heavy atom. The third-order valence-corrected chi connectivity index (χ3v) is 11.2. The van der Waals surface area contributed by atoms with Crippen LogP contribution in [0.4, 0.5) is 0 Å². The molecule has 6 heteroatoms. The standard InChI is InChI=1S/C22H30O6/c1-25-19-21(23)15-7-4-6-10-12(7)18-13(15)14-16(22(18,24)20(26-2)28-10)8-3-5-9(27-19)11(8)17(14)21/h7-20,23-24H,3-6H2,1-2H3/t7-,8-,9-,10+,11+,12+,13-,14-,15+,16-,17-,18-,19-,20-,21-,22+/m1/s1. The van der Waals surface area contributed by atoms with Crippen LogP contribution in [0, 0.1) is 59.2 Å². The molecule has 0 spiro atoms. The van der Waals surface area contributed by atoms with Crippen molar-refractivity contribution in [1.29, 1.82) is 0 Å². The third kappa shape index (κ3) is 1.31. The first-order valence-corrected chi connectivity index (χ1v) is 11.4. The molecule has 154 valence electrons. The van der Waals surface area contributed by atoms with Crippen molar-refractivity contribution >= 4 is 0 Å². The van der Waals surface area contributed by atoms with E-state index in [0.29, 0.717) is 35.5 Å². The Morgan fingerprint density at radius 2 is 1.07 bits per heavy atom. The van der Waals surface area contributed by atoms with Crippen molar-refractivity contribution in [3.8, 4) is 0 Å². The zero-order chi connectivity index (χ0) is 18.7. The molecule has 2 aliphatic heterocycles. The number of hydrogen-bond donors (Lipinski definition) is 2. The molecule has 8 aliphatic rings. The van der Waals surface area contributed by atoms with Gasteiger partial charge < -0.3 is 29.2 Å². The average Bonchev–Trinajstić information content (AvgIpc) is 3.44. The molecule has 6 aliphatic carbocycles. The molecule has 8 rings (SSSR count). The number of ether oxygens (including phenoxy) is 4. The van der Waals surface area contributed by atoms with E-state index in [2.05, 4.69) is 0 Å². The van der Waals surface area contributed by atoms with Gasteiger partial charge >= 0.3 is 0 Å². The fourth-order valence-electron chi connectivity index (χ4n) is 11.3. The topological polar surface area (TPSA) is 77.4 Å². The molecule has 0 aromatic carbocycles. The lowest BCUT2D eigenvalue weighted by atomic mass is 9.67. The van der Waals surface area contributed by atoms with Crippen molar-refractivity contribution in [2.45, 2.75) is 61.7 Å². The second-order valence-electron chi connectivity index (χ2n) is 11.2. The molecule has 0 bridgehead atoms. The minimum absolute atomic E-state index is 0.157. The summed E-state index contributed by atoms with van der Waals surface area (Å²) in [5.74, 6) is 2.90. The Hall–Kier alpha value is -0.240. The highest BCUT2D eigenvalue weighted by Crippen LogP contribution is 2.84. The normalized spacial score (nSPS) is 74.1. The summed E-state index contributed by atoms with van der Waals surface area (Å²) in [5, 5.41) is 24.7. The molecule has 0 radical (unpaired) electrons. The summed E-state index contributed by atoms with van der Waals surface area (Å²) in [6.45, 7) is 0. The Balaban J connectivity index is 1.41. The monoisotopic (exact) mass is 390 g/mol. The zero-order valence-corrected chi connectivity index (χ0v) is 16.4. The smallest absolute Gasteiger partial charge is 0.186 e. The van der Waals surface area contributed by atoms with Crippen LogP contribution in [0.1, 0.15) is 25.7 Å². The number of hydrogen-bond acceptors (Lipinski definition) is 6. The maximum Gasteiger partial charge on any atom is 0.186 e. The van der Waals surface area contributed by atoms with E-state index in [1.165, 1.54) is 0 Å². The van der Waals surface area contributed by atoms with Gasteiger partial charge in [0.25, 0.3) is 0 Å². The van der Waals surface area contributed by atoms with Gasteiger partial charge in [-0.25, -0.2) is 0 Å². The lowest BCUT2D eigenvalue weighted by Gasteiger charge is -2.51.